The molecule has 0 aliphatic carbocycles. The van der Waals surface area contributed by atoms with Crippen molar-refractivity contribution in [2.45, 2.75) is 22.8 Å². The second-order valence-electron chi connectivity index (χ2n) is 5.66. The fraction of sp³-hybridized carbons (Fsp3) is 0.0909. The highest BCUT2D eigenvalue weighted by Crippen LogP contribution is 2.25. The van der Waals surface area contributed by atoms with Crippen LogP contribution in [0.2, 0.25) is 0 Å². The third-order valence-corrected chi connectivity index (χ3v) is 5.25. The third kappa shape index (κ3) is 4.24. The van der Waals surface area contributed by atoms with Crippen LogP contribution in [-0.2, 0) is 10.8 Å². The van der Waals surface area contributed by atoms with Gasteiger partial charge >= 0.3 is 0 Å². The second kappa shape index (κ2) is 7.94. The predicted octanol–water partition coefficient (Wildman–Crippen LogP) is 4.25. The quantitative estimate of drug-likeness (QED) is 0.720. The molecule has 0 fully saturated rings. The molecule has 0 aliphatic heterocycles. The molecule has 0 amide bonds. The van der Waals surface area contributed by atoms with Gasteiger partial charge in [0.15, 0.2) is 0 Å². The summed E-state index contributed by atoms with van der Waals surface area (Å²) in [5.41, 5.74) is 2.52. The first-order valence-corrected chi connectivity index (χ1v) is 9.12. The maximum atomic E-state index is 12.9. The lowest BCUT2D eigenvalue weighted by Gasteiger charge is -2.11. The average Bonchev–Trinajstić information content (AvgIpc) is 2.67. The molecule has 3 heteroatoms. The lowest BCUT2D eigenvalue weighted by molar-refractivity contribution is 0.235. The fourth-order valence-electron chi connectivity index (χ4n) is 2.42. The van der Waals surface area contributed by atoms with Gasteiger partial charge < -0.3 is 5.11 Å². The van der Waals surface area contributed by atoms with Crippen LogP contribution in [0.5, 0.6) is 0 Å². The molecule has 0 saturated heterocycles. The summed E-state index contributed by atoms with van der Waals surface area (Å²) in [5, 5.41) is 10.5. The van der Waals surface area contributed by atoms with Gasteiger partial charge in [0.05, 0.1) is 15.7 Å². The van der Waals surface area contributed by atoms with Gasteiger partial charge in [0.1, 0.15) is 6.10 Å². The molecule has 0 spiro atoms. The summed E-state index contributed by atoms with van der Waals surface area (Å²) in [5.74, 6) is 5.80. The molecule has 0 heterocycles. The highest BCUT2D eigenvalue weighted by Gasteiger charge is 2.16. The molecule has 0 aromatic heterocycles. The van der Waals surface area contributed by atoms with Crippen molar-refractivity contribution >= 4 is 10.8 Å². The van der Waals surface area contributed by atoms with Gasteiger partial charge in [-0.1, -0.05) is 65.9 Å². The Bertz CT molecular complexity index is 935. The Morgan fingerprint density at radius 2 is 1.52 bits per heavy atom. The molecular weight excluding hydrogens is 328 g/mol. The zero-order valence-electron chi connectivity index (χ0n) is 13.8. The highest BCUT2D eigenvalue weighted by atomic mass is 32.2. The molecule has 0 saturated carbocycles. The summed E-state index contributed by atoms with van der Waals surface area (Å²) in [4.78, 5) is 1.29. The minimum Gasteiger partial charge on any atom is -0.376 e. The minimum absolute atomic E-state index is 0.574. The van der Waals surface area contributed by atoms with Crippen LogP contribution in [0, 0.1) is 18.8 Å². The summed E-state index contributed by atoms with van der Waals surface area (Å²) >= 11 is 0. The Labute approximate surface area is 150 Å². The predicted molar refractivity (Wildman–Crippen MR) is 101 cm³/mol. The van der Waals surface area contributed by atoms with Crippen molar-refractivity contribution in [2.24, 2.45) is 0 Å². The first kappa shape index (κ1) is 17.2. The van der Waals surface area contributed by atoms with Gasteiger partial charge in [-0.05, 0) is 37.3 Å². The van der Waals surface area contributed by atoms with Crippen molar-refractivity contribution in [3.8, 4) is 11.8 Å². The topological polar surface area (TPSA) is 37.3 Å². The zero-order valence-corrected chi connectivity index (χ0v) is 14.7. The van der Waals surface area contributed by atoms with Gasteiger partial charge in [-0.25, -0.2) is 4.21 Å². The van der Waals surface area contributed by atoms with Crippen LogP contribution in [0.15, 0.2) is 88.7 Å². The van der Waals surface area contributed by atoms with Gasteiger partial charge in [0.25, 0.3) is 0 Å². The van der Waals surface area contributed by atoms with Gasteiger partial charge in [0, 0.05) is 16.0 Å². The Hall–Kier alpha value is -2.67. The van der Waals surface area contributed by atoms with E-state index < -0.39 is 16.9 Å². The molecule has 0 bridgehead atoms. The number of hydrogen-bond acceptors (Lipinski definition) is 2. The highest BCUT2D eigenvalue weighted by molar-refractivity contribution is 7.85. The second-order valence-corrected chi connectivity index (χ2v) is 7.11. The van der Waals surface area contributed by atoms with E-state index in [9.17, 15) is 9.32 Å². The number of aryl methyl sites for hydroxylation is 1. The van der Waals surface area contributed by atoms with Gasteiger partial charge in [-0.3, -0.25) is 0 Å². The van der Waals surface area contributed by atoms with E-state index in [2.05, 4.69) is 11.8 Å². The van der Waals surface area contributed by atoms with Crippen molar-refractivity contribution in [1.29, 1.82) is 0 Å². The number of rotatable bonds is 3. The molecule has 1 N–H and O–H groups in total. The molecule has 25 heavy (non-hydrogen) atoms. The molecule has 0 radical (unpaired) electrons. The smallest absolute Gasteiger partial charge is 0.141 e. The van der Waals surface area contributed by atoms with Gasteiger partial charge in [-0.2, -0.15) is 0 Å². The summed E-state index contributed by atoms with van der Waals surface area (Å²) < 4.78 is 12.9. The van der Waals surface area contributed by atoms with Crippen LogP contribution in [0.3, 0.4) is 0 Å². The Balaban J connectivity index is 1.92. The van der Waals surface area contributed by atoms with Crippen LogP contribution < -0.4 is 0 Å². The summed E-state index contributed by atoms with van der Waals surface area (Å²) in [6.07, 6.45) is -0.995. The Kier molecular flexibility index (Phi) is 5.45. The summed E-state index contributed by atoms with van der Waals surface area (Å²) in [6, 6.07) is 24.2. The maximum Gasteiger partial charge on any atom is 0.141 e. The minimum atomic E-state index is -1.36. The molecule has 3 rings (SSSR count). The number of hydrogen-bond donors (Lipinski definition) is 1. The summed E-state index contributed by atoms with van der Waals surface area (Å²) in [7, 11) is -1.36. The average molecular weight is 346 g/mol. The number of benzene rings is 3. The standard InChI is InChI=1S/C22H18O2S/c1-17-11-14-19(15-12-17)25(24)22-10-6-5-9-20(22)21(23)16-13-18-7-3-2-4-8-18/h2-12,14-15,21,23H,1H3/t21-,25+/m1/s1. The lowest BCUT2D eigenvalue weighted by Crippen LogP contribution is -2.03. The monoisotopic (exact) mass is 346 g/mol. The third-order valence-electron chi connectivity index (χ3n) is 3.78. The van der Waals surface area contributed by atoms with E-state index in [1.165, 1.54) is 0 Å². The van der Waals surface area contributed by atoms with E-state index in [0.717, 1.165) is 11.1 Å². The molecule has 2 nitrogen and oxygen atoms in total. The molecule has 0 aliphatic rings. The first-order valence-electron chi connectivity index (χ1n) is 7.97. The maximum absolute atomic E-state index is 12.9. The molecule has 3 aromatic rings. The van der Waals surface area contributed by atoms with Crippen LogP contribution in [0.4, 0.5) is 0 Å². The van der Waals surface area contributed by atoms with Crippen molar-refractivity contribution in [3.05, 3.63) is 95.6 Å². The Morgan fingerprint density at radius 3 is 2.24 bits per heavy atom. The van der Waals surface area contributed by atoms with E-state index in [1.54, 1.807) is 12.1 Å². The molecule has 2 atom stereocenters. The van der Waals surface area contributed by atoms with E-state index in [1.807, 2.05) is 73.7 Å². The molecular formula is C22H18O2S. The SMILES string of the molecule is Cc1ccc([S@](=O)c2ccccc2[C@H](O)C#Cc2ccccc2)cc1. The van der Waals surface area contributed by atoms with Crippen molar-refractivity contribution < 1.29 is 9.32 Å². The normalized spacial score (nSPS) is 12.7. The zero-order chi connectivity index (χ0) is 17.6. The summed E-state index contributed by atoms with van der Waals surface area (Å²) in [6.45, 7) is 1.99. The van der Waals surface area contributed by atoms with Crippen LogP contribution in [-0.4, -0.2) is 9.32 Å². The van der Waals surface area contributed by atoms with Crippen molar-refractivity contribution in [2.75, 3.05) is 0 Å². The molecule has 0 unspecified atom stereocenters. The van der Waals surface area contributed by atoms with Crippen LogP contribution in [0.25, 0.3) is 0 Å². The first-order chi connectivity index (χ1) is 12.1. The molecule has 124 valence electrons. The van der Waals surface area contributed by atoms with E-state index in [-0.39, 0.29) is 0 Å². The van der Waals surface area contributed by atoms with E-state index in [4.69, 9.17) is 0 Å². The van der Waals surface area contributed by atoms with E-state index >= 15 is 0 Å². The lowest BCUT2D eigenvalue weighted by atomic mass is 10.1. The number of aliphatic hydroxyl groups is 1. The van der Waals surface area contributed by atoms with Gasteiger partial charge in [-0.15, -0.1) is 0 Å². The molecule has 3 aromatic carbocycles. The Morgan fingerprint density at radius 1 is 0.880 bits per heavy atom. The van der Waals surface area contributed by atoms with Crippen molar-refractivity contribution in [1.82, 2.24) is 0 Å². The van der Waals surface area contributed by atoms with Crippen molar-refractivity contribution in [3.63, 3.8) is 0 Å². The largest absolute Gasteiger partial charge is 0.376 e. The van der Waals surface area contributed by atoms with Gasteiger partial charge in [0.2, 0.25) is 0 Å². The van der Waals surface area contributed by atoms with Crippen LogP contribution >= 0.6 is 0 Å². The fourth-order valence-corrected chi connectivity index (χ4v) is 3.65. The van der Waals surface area contributed by atoms with E-state index in [0.29, 0.717) is 15.4 Å². The van der Waals surface area contributed by atoms with Crippen LogP contribution in [0.1, 0.15) is 22.8 Å². The number of aliphatic hydroxyl groups excluding tert-OH is 1.